The molecule has 0 fully saturated rings. The standard InChI is InChI=1S/C14H9Cl2NO2/c15-12-9-5-4-8-11(12)13(16)17-19-14(18)10-6-2-1-3-7-10/h1-9H/b17-13-. The summed E-state index contributed by atoms with van der Waals surface area (Å²) >= 11 is 11.9. The van der Waals surface area contributed by atoms with Crippen LogP contribution in [0.2, 0.25) is 5.02 Å². The zero-order valence-corrected chi connectivity index (χ0v) is 11.2. The average Bonchev–Trinajstić information content (AvgIpc) is 2.46. The van der Waals surface area contributed by atoms with E-state index in [1.807, 2.05) is 0 Å². The number of hydrogen-bond donors (Lipinski definition) is 0. The molecule has 0 radical (unpaired) electrons. The van der Waals surface area contributed by atoms with E-state index in [-0.39, 0.29) is 5.17 Å². The summed E-state index contributed by atoms with van der Waals surface area (Å²) in [7, 11) is 0. The molecule has 2 rings (SSSR count). The molecule has 0 aliphatic rings. The van der Waals surface area contributed by atoms with Crippen LogP contribution in [0.15, 0.2) is 59.8 Å². The molecule has 0 spiro atoms. The van der Waals surface area contributed by atoms with Gasteiger partial charge in [-0.1, -0.05) is 64.8 Å². The SMILES string of the molecule is O=C(O/N=C(\Cl)c1ccccc1Cl)c1ccccc1. The van der Waals surface area contributed by atoms with Gasteiger partial charge >= 0.3 is 5.97 Å². The maximum Gasteiger partial charge on any atom is 0.365 e. The van der Waals surface area contributed by atoms with Crippen molar-refractivity contribution >= 4 is 34.3 Å². The zero-order chi connectivity index (χ0) is 13.7. The van der Waals surface area contributed by atoms with E-state index in [1.54, 1.807) is 54.6 Å². The maximum absolute atomic E-state index is 11.6. The van der Waals surface area contributed by atoms with Gasteiger partial charge in [0.05, 0.1) is 10.6 Å². The highest BCUT2D eigenvalue weighted by atomic mass is 35.5. The second-order valence-corrected chi connectivity index (χ2v) is 4.37. The number of nitrogens with zero attached hydrogens (tertiary/aromatic N) is 1. The predicted molar refractivity (Wildman–Crippen MR) is 75.7 cm³/mol. The summed E-state index contributed by atoms with van der Waals surface area (Å²) in [5, 5.41) is 4.04. The number of carbonyl (C=O) groups excluding carboxylic acids is 1. The largest absolute Gasteiger partial charge is 0.365 e. The topological polar surface area (TPSA) is 38.7 Å². The Labute approximate surface area is 120 Å². The normalized spacial score (nSPS) is 11.2. The molecule has 2 aromatic carbocycles. The van der Waals surface area contributed by atoms with Crippen molar-refractivity contribution in [3.8, 4) is 0 Å². The third-order valence-corrected chi connectivity index (χ3v) is 2.92. The minimum atomic E-state index is -0.578. The second kappa shape index (κ2) is 6.36. The quantitative estimate of drug-likeness (QED) is 0.485. The van der Waals surface area contributed by atoms with Crippen molar-refractivity contribution in [3.63, 3.8) is 0 Å². The van der Waals surface area contributed by atoms with E-state index in [9.17, 15) is 4.79 Å². The molecule has 5 heteroatoms. The molecule has 0 aromatic heterocycles. The molecule has 2 aromatic rings. The molecule has 0 saturated carbocycles. The van der Waals surface area contributed by atoms with Crippen LogP contribution in [0.4, 0.5) is 0 Å². The molecule has 0 atom stereocenters. The number of halogens is 2. The summed E-state index contributed by atoms with van der Waals surface area (Å²) in [6.45, 7) is 0. The van der Waals surface area contributed by atoms with Gasteiger partial charge in [0, 0.05) is 5.56 Å². The fourth-order valence-electron chi connectivity index (χ4n) is 1.39. The summed E-state index contributed by atoms with van der Waals surface area (Å²) in [4.78, 5) is 16.4. The molecule has 0 aliphatic heterocycles. The molecule has 19 heavy (non-hydrogen) atoms. The lowest BCUT2D eigenvalue weighted by molar-refractivity contribution is 0.0518. The Hall–Kier alpha value is -1.84. The lowest BCUT2D eigenvalue weighted by Crippen LogP contribution is -2.02. The molecule has 96 valence electrons. The minimum Gasteiger partial charge on any atom is -0.311 e. The van der Waals surface area contributed by atoms with Gasteiger partial charge in [0.2, 0.25) is 0 Å². The first kappa shape index (κ1) is 13.6. The summed E-state index contributed by atoms with van der Waals surface area (Å²) in [5.41, 5.74) is 0.904. The van der Waals surface area contributed by atoms with Crippen molar-refractivity contribution in [2.75, 3.05) is 0 Å². The van der Waals surface area contributed by atoms with Crippen molar-refractivity contribution in [1.29, 1.82) is 0 Å². The molecule has 0 N–H and O–H groups in total. The highest BCUT2D eigenvalue weighted by molar-refractivity contribution is 6.70. The molecular formula is C14H9Cl2NO2. The third kappa shape index (κ3) is 3.56. The minimum absolute atomic E-state index is 0.0230. The van der Waals surface area contributed by atoms with Crippen molar-refractivity contribution in [3.05, 3.63) is 70.7 Å². The van der Waals surface area contributed by atoms with Crippen LogP contribution in [0.1, 0.15) is 15.9 Å². The van der Waals surface area contributed by atoms with Crippen LogP contribution in [-0.4, -0.2) is 11.1 Å². The first-order valence-electron chi connectivity index (χ1n) is 5.43. The van der Waals surface area contributed by atoms with Gasteiger partial charge in [-0.05, 0) is 18.2 Å². The van der Waals surface area contributed by atoms with Crippen LogP contribution in [0.25, 0.3) is 0 Å². The van der Waals surface area contributed by atoms with Crippen LogP contribution < -0.4 is 0 Å². The lowest BCUT2D eigenvalue weighted by atomic mass is 10.2. The van der Waals surface area contributed by atoms with Gasteiger partial charge in [-0.2, -0.15) is 0 Å². The molecule has 0 amide bonds. The van der Waals surface area contributed by atoms with Crippen LogP contribution in [0.3, 0.4) is 0 Å². The summed E-state index contributed by atoms with van der Waals surface area (Å²) < 4.78 is 0. The molecule has 0 bridgehead atoms. The zero-order valence-electron chi connectivity index (χ0n) is 9.72. The van der Waals surface area contributed by atoms with E-state index in [4.69, 9.17) is 28.0 Å². The number of hydrogen-bond acceptors (Lipinski definition) is 3. The Morgan fingerprint density at radius 3 is 2.32 bits per heavy atom. The van der Waals surface area contributed by atoms with Gasteiger partial charge in [-0.3, -0.25) is 0 Å². The third-order valence-electron chi connectivity index (χ3n) is 2.31. The number of oxime groups is 1. The Balaban J connectivity index is 2.11. The average molecular weight is 294 g/mol. The molecule has 0 aliphatic carbocycles. The van der Waals surface area contributed by atoms with E-state index < -0.39 is 5.97 Å². The number of benzene rings is 2. The van der Waals surface area contributed by atoms with E-state index >= 15 is 0 Å². The monoisotopic (exact) mass is 293 g/mol. The molecule has 0 heterocycles. The van der Waals surface area contributed by atoms with Crippen LogP contribution >= 0.6 is 23.2 Å². The second-order valence-electron chi connectivity index (χ2n) is 3.61. The molecule has 0 unspecified atom stereocenters. The predicted octanol–water partition coefficient (Wildman–Crippen LogP) is 4.10. The van der Waals surface area contributed by atoms with Crippen LogP contribution in [0.5, 0.6) is 0 Å². The van der Waals surface area contributed by atoms with Gasteiger partial charge in [0.1, 0.15) is 0 Å². The maximum atomic E-state index is 11.6. The van der Waals surface area contributed by atoms with Gasteiger partial charge in [-0.15, -0.1) is 0 Å². The number of carbonyl (C=O) groups is 1. The molecule has 3 nitrogen and oxygen atoms in total. The fourth-order valence-corrected chi connectivity index (χ4v) is 1.86. The first-order valence-corrected chi connectivity index (χ1v) is 6.19. The first-order chi connectivity index (χ1) is 9.18. The Bertz CT molecular complexity index is 612. The highest BCUT2D eigenvalue weighted by Crippen LogP contribution is 2.18. The van der Waals surface area contributed by atoms with E-state index in [0.29, 0.717) is 16.1 Å². The Kier molecular flexibility index (Phi) is 4.55. The summed E-state index contributed by atoms with van der Waals surface area (Å²) in [6.07, 6.45) is 0. The summed E-state index contributed by atoms with van der Waals surface area (Å²) in [5.74, 6) is -0.578. The van der Waals surface area contributed by atoms with Gasteiger partial charge in [0.25, 0.3) is 0 Å². The fraction of sp³-hybridized carbons (Fsp3) is 0. The van der Waals surface area contributed by atoms with Gasteiger partial charge in [-0.25, -0.2) is 4.79 Å². The van der Waals surface area contributed by atoms with E-state index in [0.717, 1.165) is 0 Å². The van der Waals surface area contributed by atoms with Gasteiger partial charge in [0.15, 0.2) is 5.17 Å². The number of rotatable bonds is 3. The van der Waals surface area contributed by atoms with Crippen LogP contribution in [0, 0.1) is 0 Å². The van der Waals surface area contributed by atoms with Crippen molar-refractivity contribution in [2.24, 2.45) is 5.16 Å². The molecule has 0 saturated heterocycles. The molecular weight excluding hydrogens is 285 g/mol. The van der Waals surface area contributed by atoms with Crippen molar-refractivity contribution in [1.82, 2.24) is 0 Å². The van der Waals surface area contributed by atoms with Crippen LogP contribution in [-0.2, 0) is 4.84 Å². The smallest absolute Gasteiger partial charge is 0.311 e. The lowest BCUT2D eigenvalue weighted by Gasteiger charge is -2.01. The van der Waals surface area contributed by atoms with E-state index in [2.05, 4.69) is 5.16 Å². The van der Waals surface area contributed by atoms with Crippen molar-refractivity contribution < 1.29 is 9.63 Å². The highest BCUT2D eigenvalue weighted by Gasteiger charge is 2.09. The Morgan fingerprint density at radius 1 is 1.00 bits per heavy atom. The van der Waals surface area contributed by atoms with E-state index in [1.165, 1.54) is 0 Å². The van der Waals surface area contributed by atoms with Crippen molar-refractivity contribution in [2.45, 2.75) is 0 Å². The van der Waals surface area contributed by atoms with Gasteiger partial charge < -0.3 is 4.84 Å². The Morgan fingerprint density at radius 2 is 1.63 bits per heavy atom. The summed E-state index contributed by atoms with van der Waals surface area (Å²) in [6, 6.07) is 15.4.